The Morgan fingerprint density at radius 3 is 2.52 bits per heavy atom. The Morgan fingerprint density at radius 2 is 1.92 bits per heavy atom. The number of esters is 1. The lowest BCUT2D eigenvalue weighted by atomic mass is 9.79. The zero-order chi connectivity index (χ0) is 18.4. The Hall–Kier alpha value is -1.89. The summed E-state index contributed by atoms with van der Waals surface area (Å²) >= 11 is 1.36. The molecule has 1 heterocycles. The molecule has 25 heavy (non-hydrogen) atoms. The molecule has 1 amide bonds. The van der Waals surface area contributed by atoms with E-state index in [-0.39, 0.29) is 12.5 Å². The van der Waals surface area contributed by atoms with Crippen molar-refractivity contribution in [1.82, 2.24) is 0 Å². The molecule has 2 atom stereocenters. The molecular formula is C18H25NO5S. The Morgan fingerprint density at radius 1 is 1.24 bits per heavy atom. The molecule has 0 aromatic carbocycles. The molecular weight excluding hydrogens is 342 g/mol. The minimum Gasteiger partial charge on any atom is -0.481 e. The number of rotatable bonds is 7. The van der Waals surface area contributed by atoms with Crippen LogP contribution in [-0.2, 0) is 20.7 Å². The summed E-state index contributed by atoms with van der Waals surface area (Å²) in [5.41, 5.74) is 0.353. The number of ether oxygens (including phenoxy) is 1. The smallest absolute Gasteiger partial charge is 0.341 e. The van der Waals surface area contributed by atoms with Gasteiger partial charge in [-0.1, -0.05) is 26.2 Å². The number of nitrogens with one attached hydrogen (secondary N) is 1. The van der Waals surface area contributed by atoms with Crippen LogP contribution in [0.1, 0.15) is 61.2 Å². The quantitative estimate of drug-likeness (QED) is 0.717. The molecule has 0 spiro atoms. The van der Waals surface area contributed by atoms with E-state index in [2.05, 4.69) is 5.32 Å². The first-order valence-electron chi connectivity index (χ1n) is 8.81. The van der Waals surface area contributed by atoms with E-state index in [9.17, 15) is 19.5 Å². The standard InChI is InChI=1S/C18H25NO5S/c1-3-7-11-10-14(18(23)24-4-2)16(25-11)19-15(20)12-8-5-6-9-13(12)17(21)22/h10,12-13H,3-9H2,1-2H3,(H,19,20)(H,21,22)/t12-,13-/m0/s1. The van der Waals surface area contributed by atoms with Crippen molar-refractivity contribution in [2.24, 2.45) is 11.8 Å². The lowest BCUT2D eigenvalue weighted by Gasteiger charge is -2.27. The van der Waals surface area contributed by atoms with Crippen LogP contribution >= 0.6 is 11.3 Å². The minimum atomic E-state index is -0.927. The van der Waals surface area contributed by atoms with Gasteiger partial charge in [-0.05, 0) is 32.3 Å². The van der Waals surface area contributed by atoms with Crippen molar-refractivity contribution in [1.29, 1.82) is 0 Å². The van der Waals surface area contributed by atoms with Gasteiger partial charge < -0.3 is 15.2 Å². The summed E-state index contributed by atoms with van der Waals surface area (Å²) < 4.78 is 5.07. The van der Waals surface area contributed by atoms with Gasteiger partial charge in [-0.2, -0.15) is 0 Å². The molecule has 0 radical (unpaired) electrons. The SMILES string of the molecule is CCCc1cc(C(=O)OCC)c(NC(=O)[C@H]2CCCC[C@@H]2C(=O)O)s1. The molecule has 1 saturated carbocycles. The van der Waals surface area contributed by atoms with E-state index in [1.165, 1.54) is 11.3 Å². The summed E-state index contributed by atoms with van der Waals surface area (Å²) in [5, 5.41) is 12.6. The van der Waals surface area contributed by atoms with Gasteiger partial charge in [0.15, 0.2) is 0 Å². The van der Waals surface area contributed by atoms with Crippen LogP contribution in [0.15, 0.2) is 6.07 Å². The zero-order valence-corrected chi connectivity index (χ0v) is 15.5. The highest BCUT2D eigenvalue weighted by molar-refractivity contribution is 7.16. The van der Waals surface area contributed by atoms with Gasteiger partial charge >= 0.3 is 11.9 Å². The van der Waals surface area contributed by atoms with Crippen molar-refractivity contribution in [3.8, 4) is 0 Å². The van der Waals surface area contributed by atoms with E-state index in [1.807, 2.05) is 6.92 Å². The average molecular weight is 367 g/mol. The van der Waals surface area contributed by atoms with Crippen molar-refractivity contribution in [3.63, 3.8) is 0 Å². The number of aryl methyl sites for hydroxylation is 1. The van der Waals surface area contributed by atoms with Crippen molar-refractivity contribution < 1.29 is 24.2 Å². The number of anilines is 1. The molecule has 2 N–H and O–H groups in total. The fourth-order valence-electron chi connectivity index (χ4n) is 3.21. The first kappa shape index (κ1) is 19.4. The van der Waals surface area contributed by atoms with E-state index in [0.29, 0.717) is 23.4 Å². The molecule has 1 aromatic heterocycles. The number of hydrogen-bond acceptors (Lipinski definition) is 5. The summed E-state index contributed by atoms with van der Waals surface area (Å²) in [7, 11) is 0. The summed E-state index contributed by atoms with van der Waals surface area (Å²) in [5.74, 6) is -2.92. The molecule has 0 aliphatic heterocycles. The Bertz CT molecular complexity index is 639. The van der Waals surface area contributed by atoms with Crippen LogP contribution < -0.4 is 5.32 Å². The normalized spacial score (nSPS) is 20.1. The molecule has 7 heteroatoms. The number of carbonyl (C=O) groups excluding carboxylic acids is 2. The van der Waals surface area contributed by atoms with Crippen LogP contribution in [0, 0.1) is 11.8 Å². The van der Waals surface area contributed by atoms with Gasteiger partial charge in [0, 0.05) is 4.88 Å². The van der Waals surface area contributed by atoms with E-state index >= 15 is 0 Å². The number of carboxylic acids is 1. The van der Waals surface area contributed by atoms with Gasteiger partial charge in [-0.3, -0.25) is 9.59 Å². The molecule has 6 nitrogen and oxygen atoms in total. The summed E-state index contributed by atoms with van der Waals surface area (Å²) in [6, 6.07) is 1.76. The maximum atomic E-state index is 12.7. The average Bonchev–Trinajstić information content (AvgIpc) is 2.98. The molecule has 2 rings (SSSR count). The van der Waals surface area contributed by atoms with Crippen LogP contribution in [0.5, 0.6) is 0 Å². The largest absolute Gasteiger partial charge is 0.481 e. The third kappa shape index (κ3) is 4.81. The van der Waals surface area contributed by atoms with Crippen molar-refractivity contribution in [2.45, 2.75) is 52.4 Å². The fourth-order valence-corrected chi connectivity index (χ4v) is 4.36. The second-order valence-electron chi connectivity index (χ2n) is 6.25. The second kappa shape index (κ2) is 8.99. The summed E-state index contributed by atoms with van der Waals surface area (Å²) in [6.07, 6.45) is 4.50. The third-order valence-corrected chi connectivity index (χ3v) is 5.54. The van der Waals surface area contributed by atoms with Gasteiger partial charge in [-0.15, -0.1) is 11.3 Å². The monoisotopic (exact) mass is 367 g/mol. The van der Waals surface area contributed by atoms with E-state index in [0.717, 1.165) is 30.6 Å². The molecule has 1 fully saturated rings. The highest BCUT2D eigenvalue weighted by atomic mass is 32.1. The maximum absolute atomic E-state index is 12.7. The Labute approximate surface area is 151 Å². The van der Waals surface area contributed by atoms with E-state index in [4.69, 9.17) is 4.74 Å². The number of carbonyl (C=O) groups is 3. The minimum absolute atomic E-state index is 0.259. The number of carboxylic acid groups (broad SMARTS) is 1. The van der Waals surface area contributed by atoms with E-state index < -0.39 is 23.8 Å². The van der Waals surface area contributed by atoms with Gasteiger partial charge in [-0.25, -0.2) is 4.79 Å². The van der Waals surface area contributed by atoms with Crippen LogP contribution in [-0.4, -0.2) is 29.6 Å². The first-order valence-corrected chi connectivity index (χ1v) is 9.63. The van der Waals surface area contributed by atoms with Gasteiger partial charge in [0.1, 0.15) is 5.00 Å². The van der Waals surface area contributed by atoms with Crippen LogP contribution in [0.25, 0.3) is 0 Å². The Balaban J connectivity index is 2.20. The predicted molar refractivity (Wildman–Crippen MR) is 96.0 cm³/mol. The van der Waals surface area contributed by atoms with Crippen molar-refractivity contribution in [2.75, 3.05) is 11.9 Å². The fraction of sp³-hybridized carbons (Fsp3) is 0.611. The van der Waals surface area contributed by atoms with Gasteiger partial charge in [0.2, 0.25) is 5.91 Å². The number of amides is 1. The van der Waals surface area contributed by atoms with Gasteiger partial charge in [0.05, 0.1) is 24.0 Å². The number of aliphatic carboxylic acids is 1. The highest BCUT2D eigenvalue weighted by Gasteiger charge is 2.36. The molecule has 0 saturated heterocycles. The van der Waals surface area contributed by atoms with Crippen molar-refractivity contribution >= 4 is 34.2 Å². The molecule has 1 aromatic rings. The maximum Gasteiger partial charge on any atom is 0.341 e. The predicted octanol–water partition coefficient (Wildman–Crippen LogP) is 3.71. The van der Waals surface area contributed by atoms with Crippen LogP contribution in [0.4, 0.5) is 5.00 Å². The van der Waals surface area contributed by atoms with Crippen LogP contribution in [0.3, 0.4) is 0 Å². The lowest BCUT2D eigenvalue weighted by Crippen LogP contribution is -2.36. The zero-order valence-electron chi connectivity index (χ0n) is 14.7. The molecule has 138 valence electrons. The first-order chi connectivity index (χ1) is 12.0. The number of hydrogen-bond donors (Lipinski definition) is 2. The third-order valence-electron chi connectivity index (χ3n) is 4.43. The second-order valence-corrected chi connectivity index (χ2v) is 7.39. The number of thiophene rings is 1. The molecule has 0 bridgehead atoms. The molecule has 1 aliphatic rings. The summed E-state index contributed by atoms with van der Waals surface area (Å²) in [4.78, 5) is 37.2. The topological polar surface area (TPSA) is 92.7 Å². The lowest BCUT2D eigenvalue weighted by molar-refractivity contribution is -0.147. The van der Waals surface area contributed by atoms with Crippen molar-refractivity contribution in [3.05, 3.63) is 16.5 Å². The summed E-state index contributed by atoms with van der Waals surface area (Å²) in [6.45, 7) is 4.03. The molecule has 1 aliphatic carbocycles. The van der Waals surface area contributed by atoms with E-state index in [1.54, 1.807) is 13.0 Å². The van der Waals surface area contributed by atoms with Crippen LogP contribution in [0.2, 0.25) is 0 Å². The Kier molecular flexibility index (Phi) is 6.99. The molecule has 0 unspecified atom stereocenters. The highest BCUT2D eigenvalue weighted by Crippen LogP contribution is 2.34. The van der Waals surface area contributed by atoms with Gasteiger partial charge in [0.25, 0.3) is 0 Å².